The first-order valence-electron chi connectivity index (χ1n) is 26.8. The summed E-state index contributed by atoms with van der Waals surface area (Å²) in [6.45, 7) is 0. The highest BCUT2D eigenvalue weighted by Gasteiger charge is 2.52. The lowest BCUT2D eigenvalue weighted by Crippen LogP contribution is -2.32. The standard InChI is InChI=1S/C74H45NO2S/c1-4-21-59-53(18-1)55-39-38-52(45-66(55)74(59)64-25-8-12-29-69(64)77-70-30-13-9-26-65(70)74)75(50-36-32-46(33-37-50)48-35-41-72-58(44-48)56-20-3-14-31-71(56)78-72)51-17-15-16-47(42-51)49-34-40-61-57(43-49)54-19-2-5-22-60(54)73(61)62-23-6-10-27-67(62)76-68-28-11-7-24-63(68)73/h1-45H. The van der Waals surface area contributed by atoms with Gasteiger partial charge in [-0.25, -0.2) is 0 Å². The molecule has 0 N–H and O–H groups in total. The average molecular weight is 1010 g/mol. The Hall–Kier alpha value is -9.74. The molecule has 0 bridgehead atoms. The van der Waals surface area contributed by atoms with Gasteiger partial charge in [-0.2, -0.15) is 0 Å². The average Bonchev–Trinajstić information content (AvgIpc) is 4.19. The maximum atomic E-state index is 6.75. The van der Waals surface area contributed by atoms with Crippen LogP contribution in [0.3, 0.4) is 0 Å². The minimum atomic E-state index is -0.612. The van der Waals surface area contributed by atoms with Gasteiger partial charge in [-0.1, -0.05) is 188 Å². The number of fused-ring (bicyclic) bond motifs is 21. The number of hydrogen-bond acceptors (Lipinski definition) is 4. The molecule has 2 aliphatic carbocycles. The molecule has 4 heteroatoms. The van der Waals surface area contributed by atoms with Crippen LogP contribution in [-0.4, -0.2) is 0 Å². The summed E-state index contributed by atoms with van der Waals surface area (Å²) >= 11 is 1.86. The summed E-state index contributed by atoms with van der Waals surface area (Å²) in [4.78, 5) is 2.45. The molecule has 0 atom stereocenters. The highest BCUT2D eigenvalue weighted by molar-refractivity contribution is 7.25. The van der Waals surface area contributed by atoms with Crippen LogP contribution in [0.4, 0.5) is 17.1 Å². The van der Waals surface area contributed by atoms with Crippen molar-refractivity contribution in [3.63, 3.8) is 0 Å². The van der Waals surface area contributed by atoms with Gasteiger partial charge in [-0.3, -0.25) is 0 Å². The minimum Gasteiger partial charge on any atom is -0.457 e. The Labute approximate surface area is 456 Å². The van der Waals surface area contributed by atoms with E-state index in [0.29, 0.717) is 0 Å². The second kappa shape index (κ2) is 16.4. The molecule has 0 unspecified atom stereocenters. The number of benzene rings is 12. The van der Waals surface area contributed by atoms with Crippen LogP contribution >= 0.6 is 11.3 Å². The summed E-state index contributed by atoms with van der Waals surface area (Å²) in [6, 6.07) is 101. The summed E-state index contributed by atoms with van der Waals surface area (Å²) in [7, 11) is 0. The lowest BCUT2D eigenvalue weighted by Gasteiger charge is -2.39. The summed E-state index contributed by atoms with van der Waals surface area (Å²) in [6.07, 6.45) is 0. The minimum absolute atomic E-state index is 0.528. The van der Waals surface area contributed by atoms with Gasteiger partial charge in [0.25, 0.3) is 0 Å². The quantitative estimate of drug-likeness (QED) is 0.171. The lowest BCUT2D eigenvalue weighted by molar-refractivity contribution is 0.436. The Bertz CT molecular complexity index is 4570. The van der Waals surface area contributed by atoms with Crippen molar-refractivity contribution >= 4 is 48.6 Å². The smallest absolute Gasteiger partial charge is 0.132 e. The van der Waals surface area contributed by atoms with E-state index in [1.165, 1.54) is 86.9 Å². The Morgan fingerprint density at radius 2 is 0.705 bits per heavy atom. The third-order valence-corrected chi connectivity index (χ3v) is 18.4. The molecule has 2 spiro atoms. The monoisotopic (exact) mass is 1010 g/mol. The summed E-state index contributed by atoms with van der Waals surface area (Å²) in [5.74, 6) is 3.55. The normalized spacial score (nSPS) is 14.1. The van der Waals surface area contributed by atoms with E-state index in [4.69, 9.17) is 9.47 Å². The van der Waals surface area contributed by atoms with Crippen molar-refractivity contribution in [1.29, 1.82) is 0 Å². The SMILES string of the molecule is c1cc(-c2ccc3c(c2)-c2ccccc2C32c3ccccc3Oc3ccccc32)cc(N(c2ccc(-c3ccc4sc5ccccc5c4c3)cc2)c2ccc3c(c2)C2(c4ccccc4Oc4ccccc42)c2ccccc2-3)c1. The summed E-state index contributed by atoms with van der Waals surface area (Å²) in [5, 5.41) is 2.60. The van der Waals surface area contributed by atoms with Crippen molar-refractivity contribution in [2.75, 3.05) is 4.90 Å². The van der Waals surface area contributed by atoms with E-state index in [9.17, 15) is 0 Å². The maximum absolute atomic E-state index is 6.75. The fraction of sp³-hybridized carbons (Fsp3) is 0.0270. The summed E-state index contributed by atoms with van der Waals surface area (Å²) in [5.41, 5.74) is 21.4. The molecule has 364 valence electrons. The van der Waals surface area contributed by atoms with Gasteiger partial charge in [-0.15, -0.1) is 11.3 Å². The molecule has 13 aromatic rings. The van der Waals surface area contributed by atoms with Gasteiger partial charge in [-0.05, 0) is 152 Å². The molecule has 0 fully saturated rings. The largest absolute Gasteiger partial charge is 0.457 e. The van der Waals surface area contributed by atoms with Crippen LogP contribution in [0.15, 0.2) is 273 Å². The second-order valence-electron chi connectivity index (χ2n) is 21.0. The summed E-state index contributed by atoms with van der Waals surface area (Å²) < 4.78 is 16.0. The highest BCUT2D eigenvalue weighted by Crippen LogP contribution is 2.64. The van der Waals surface area contributed by atoms with E-state index in [1.807, 2.05) is 11.3 Å². The fourth-order valence-electron chi connectivity index (χ4n) is 14.0. The van der Waals surface area contributed by atoms with Crippen LogP contribution in [0.1, 0.15) is 44.5 Å². The number of anilines is 3. The number of thiophene rings is 1. The zero-order chi connectivity index (χ0) is 51.1. The molecule has 2 aliphatic heterocycles. The van der Waals surface area contributed by atoms with Crippen molar-refractivity contribution in [3.8, 4) is 67.5 Å². The molecule has 78 heavy (non-hydrogen) atoms. The van der Waals surface area contributed by atoms with Gasteiger partial charge >= 0.3 is 0 Å². The molecule has 3 nitrogen and oxygen atoms in total. The predicted octanol–water partition coefficient (Wildman–Crippen LogP) is 19.8. The van der Waals surface area contributed by atoms with Gasteiger partial charge in [0.15, 0.2) is 0 Å². The second-order valence-corrected chi connectivity index (χ2v) is 22.1. The number of hydrogen-bond donors (Lipinski definition) is 0. The third kappa shape index (κ3) is 5.92. The van der Waals surface area contributed by atoms with Gasteiger partial charge in [0.2, 0.25) is 0 Å². The van der Waals surface area contributed by atoms with Crippen LogP contribution in [0.2, 0.25) is 0 Å². The van der Waals surface area contributed by atoms with E-state index in [2.05, 4.69) is 278 Å². The number of nitrogens with zero attached hydrogens (tertiary/aromatic N) is 1. The van der Waals surface area contributed by atoms with Crippen LogP contribution in [-0.2, 0) is 10.8 Å². The number of rotatable bonds is 5. The first kappa shape index (κ1) is 43.5. The fourth-order valence-corrected chi connectivity index (χ4v) is 15.1. The molecule has 17 rings (SSSR count). The van der Waals surface area contributed by atoms with E-state index in [0.717, 1.165) is 62.3 Å². The van der Waals surface area contributed by atoms with Crippen molar-refractivity contribution in [3.05, 3.63) is 317 Å². The zero-order valence-electron chi connectivity index (χ0n) is 42.2. The van der Waals surface area contributed by atoms with E-state index in [1.54, 1.807) is 0 Å². The Morgan fingerprint density at radius 1 is 0.256 bits per heavy atom. The molecule has 4 aliphatic rings. The highest BCUT2D eigenvalue weighted by atomic mass is 32.1. The van der Waals surface area contributed by atoms with Crippen LogP contribution in [0.25, 0.3) is 64.7 Å². The molecular weight excluding hydrogens is 967 g/mol. The predicted molar refractivity (Wildman–Crippen MR) is 320 cm³/mol. The molecule has 0 radical (unpaired) electrons. The Balaban J connectivity index is 0.849. The first-order chi connectivity index (χ1) is 38.6. The molecule has 0 amide bonds. The van der Waals surface area contributed by atoms with Crippen molar-refractivity contribution in [2.45, 2.75) is 10.8 Å². The van der Waals surface area contributed by atoms with E-state index in [-0.39, 0.29) is 0 Å². The van der Waals surface area contributed by atoms with E-state index >= 15 is 0 Å². The Kier molecular flexibility index (Phi) is 9.14. The van der Waals surface area contributed by atoms with E-state index < -0.39 is 10.8 Å². The topological polar surface area (TPSA) is 21.7 Å². The van der Waals surface area contributed by atoms with Gasteiger partial charge in [0.05, 0.1) is 10.8 Å². The zero-order valence-corrected chi connectivity index (χ0v) is 43.0. The van der Waals surface area contributed by atoms with Crippen LogP contribution < -0.4 is 14.4 Å². The maximum Gasteiger partial charge on any atom is 0.132 e. The number of ether oxygens (including phenoxy) is 2. The van der Waals surface area contributed by atoms with Gasteiger partial charge in [0, 0.05) is 59.5 Å². The molecule has 12 aromatic carbocycles. The lowest BCUT2D eigenvalue weighted by atomic mass is 9.66. The van der Waals surface area contributed by atoms with Gasteiger partial charge in [0.1, 0.15) is 23.0 Å². The van der Waals surface area contributed by atoms with Crippen LogP contribution in [0, 0.1) is 0 Å². The molecule has 0 saturated heterocycles. The molecule has 3 heterocycles. The Morgan fingerprint density at radius 3 is 1.36 bits per heavy atom. The van der Waals surface area contributed by atoms with Crippen molar-refractivity contribution in [2.24, 2.45) is 0 Å². The van der Waals surface area contributed by atoms with Crippen molar-refractivity contribution in [1.82, 2.24) is 0 Å². The number of para-hydroxylation sites is 4. The third-order valence-electron chi connectivity index (χ3n) is 17.2. The van der Waals surface area contributed by atoms with Crippen LogP contribution in [0.5, 0.6) is 23.0 Å². The van der Waals surface area contributed by atoms with Crippen molar-refractivity contribution < 1.29 is 9.47 Å². The first-order valence-corrected chi connectivity index (χ1v) is 27.6. The van der Waals surface area contributed by atoms with Gasteiger partial charge < -0.3 is 14.4 Å². The molecule has 1 aromatic heterocycles. The molecule has 0 saturated carbocycles. The molecular formula is C74H45NO2S.